The van der Waals surface area contributed by atoms with E-state index in [1.165, 1.54) is 77.4 Å². The molecule has 0 heterocycles. The van der Waals surface area contributed by atoms with Gasteiger partial charge in [0.05, 0.1) is 6.10 Å². The Morgan fingerprint density at radius 2 is 1.29 bits per heavy atom. The molecule has 3 N–H and O–H groups in total. The molecule has 0 aromatic heterocycles. The maximum absolute atomic E-state index is 11.9. The highest BCUT2D eigenvalue weighted by molar-refractivity contribution is 5.75. The topological polar surface area (TPSA) is 64.6 Å². The van der Waals surface area contributed by atoms with Crippen LogP contribution >= 0.6 is 0 Å². The van der Waals surface area contributed by atoms with Crippen molar-refractivity contribution < 1.29 is 9.90 Å². The van der Waals surface area contributed by atoms with E-state index >= 15 is 0 Å². The molecule has 0 aliphatic heterocycles. The summed E-state index contributed by atoms with van der Waals surface area (Å²) >= 11 is 0. The average molecular weight is 442 g/mol. The molecule has 1 atom stereocenters. The molecule has 0 aliphatic carbocycles. The van der Waals surface area contributed by atoms with Crippen molar-refractivity contribution >= 4 is 5.91 Å². The van der Waals surface area contributed by atoms with E-state index in [1.54, 1.807) is 0 Å². The van der Waals surface area contributed by atoms with Crippen LogP contribution in [0, 0.1) is 0 Å². The number of nitrogens with one attached hydrogen (secondary N) is 2. The number of aliphatic hydroxyl groups is 1. The lowest BCUT2D eigenvalue weighted by Crippen LogP contribution is -2.30. The highest BCUT2D eigenvalue weighted by atomic mass is 16.3. The molecule has 0 bridgehead atoms. The SMILES string of the molecule is CCCCCCCC(O)CCCC(=O)NCCCNCCCN(CCCC)CCCC. The van der Waals surface area contributed by atoms with E-state index in [2.05, 4.69) is 36.3 Å². The van der Waals surface area contributed by atoms with Crippen LogP contribution in [-0.2, 0) is 4.79 Å². The van der Waals surface area contributed by atoms with Crippen molar-refractivity contribution in [2.75, 3.05) is 39.3 Å². The highest BCUT2D eigenvalue weighted by Crippen LogP contribution is 2.11. The summed E-state index contributed by atoms with van der Waals surface area (Å²) in [7, 11) is 0. The van der Waals surface area contributed by atoms with Gasteiger partial charge >= 0.3 is 0 Å². The number of hydrogen-bond acceptors (Lipinski definition) is 4. The molecule has 1 amide bonds. The molecule has 0 spiro atoms. The number of carbonyl (C=O) groups is 1. The zero-order chi connectivity index (χ0) is 23.0. The molecule has 0 saturated heterocycles. The van der Waals surface area contributed by atoms with Crippen LogP contribution in [0.5, 0.6) is 0 Å². The highest BCUT2D eigenvalue weighted by Gasteiger charge is 2.07. The van der Waals surface area contributed by atoms with E-state index in [0.717, 1.165) is 51.7 Å². The fraction of sp³-hybridized carbons (Fsp3) is 0.962. The monoisotopic (exact) mass is 441 g/mol. The van der Waals surface area contributed by atoms with Gasteiger partial charge < -0.3 is 20.6 Å². The molecule has 0 radical (unpaired) electrons. The number of hydrogen-bond donors (Lipinski definition) is 3. The third-order valence-electron chi connectivity index (χ3n) is 5.92. The van der Waals surface area contributed by atoms with Gasteiger partial charge in [0.15, 0.2) is 0 Å². The lowest BCUT2D eigenvalue weighted by atomic mass is 10.0. The van der Waals surface area contributed by atoms with E-state index < -0.39 is 0 Å². The first-order chi connectivity index (χ1) is 15.1. The first-order valence-corrected chi connectivity index (χ1v) is 13.5. The molecule has 186 valence electrons. The normalized spacial score (nSPS) is 12.4. The molecule has 31 heavy (non-hydrogen) atoms. The summed E-state index contributed by atoms with van der Waals surface area (Å²) in [5, 5.41) is 16.5. The maximum Gasteiger partial charge on any atom is 0.219 e. The lowest BCUT2D eigenvalue weighted by molar-refractivity contribution is -0.121. The molecule has 0 saturated carbocycles. The van der Waals surface area contributed by atoms with Crippen LogP contribution in [0.15, 0.2) is 0 Å². The minimum atomic E-state index is -0.238. The Bertz CT molecular complexity index is 372. The number of amides is 1. The fourth-order valence-corrected chi connectivity index (χ4v) is 3.81. The zero-order valence-electron chi connectivity index (χ0n) is 21.2. The Hall–Kier alpha value is -0.650. The lowest BCUT2D eigenvalue weighted by Gasteiger charge is -2.21. The number of carbonyl (C=O) groups excluding carboxylic acids is 1. The van der Waals surface area contributed by atoms with Crippen molar-refractivity contribution in [1.82, 2.24) is 15.5 Å². The molecule has 0 aliphatic rings. The van der Waals surface area contributed by atoms with Gasteiger partial charge in [-0.15, -0.1) is 0 Å². The van der Waals surface area contributed by atoms with Gasteiger partial charge in [-0.2, -0.15) is 0 Å². The Morgan fingerprint density at radius 3 is 1.97 bits per heavy atom. The first-order valence-electron chi connectivity index (χ1n) is 13.5. The van der Waals surface area contributed by atoms with Gasteiger partial charge in [0.2, 0.25) is 5.91 Å². The van der Waals surface area contributed by atoms with Crippen molar-refractivity contribution in [3.05, 3.63) is 0 Å². The molecule has 5 heteroatoms. The van der Waals surface area contributed by atoms with Gasteiger partial charge in [-0.25, -0.2) is 0 Å². The Kier molecular flexibility index (Phi) is 23.5. The van der Waals surface area contributed by atoms with E-state index in [-0.39, 0.29) is 12.0 Å². The standard InChI is InChI=1S/C26H55N3O2/c1-4-7-10-11-12-16-25(30)17-13-18-26(31)28-21-14-19-27-20-15-24-29(22-8-5-2)23-9-6-3/h25,27,30H,4-24H2,1-3H3,(H,28,31). The van der Waals surface area contributed by atoms with Crippen molar-refractivity contribution in [3.8, 4) is 0 Å². The second-order valence-electron chi connectivity index (χ2n) is 9.10. The minimum absolute atomic E-state index is 0.123. The maximum atomic E-state index is 11.9. The second-order valence-corrected chi connectivity index (χ2v) is 9.10. The second kappa shape index (κ2) is 24.0. The van der Waals surface area contributed by atoms with Crippen LogP contribution in [0.4, 0.5) is 0 Å². The van der Waals surface area contributed by atoms with Crippen molar-refractivity contribution in [2.45, 2.75) is 123 Å². The number of unbranched alkanes of at least 4 members (excludes halogenated alkanes) is 6. The number of rotatable bonds is 24. The van der Waals surface area contributed by atoms with Crippen molar-refractivity contribution in [1.29, 1.82) is 0 Å². The first kappa shape index (κ1) is 30.4. The summed E-state index contributed by atoms with van der Waals surface area (Å²) in [6, 6.07) is 0. The quantitative estimate of drug-likeness (QED) is 0.179. The van der Waals surface area contributed by atoms with E-state index in [1.807, 2.05) is 0 Å². The molecule has 0 aromatic rings. The van der Waals surface area contributed by atoms with Crippen LogP contribution in [0.2, 0.25) is 0 Å². The van der Waals surface area contributed by atoms with Crippen LogP contribution in [-0.4, -0.2) is 61.3 Å². The van der Waals surface area contributed by atoms with Crippen molar-refractivity contribution in [3.63, 3.8) is 0 Å². The third-order valence-corrected chi connectivity index (χ3v) is 5.92. The third kappa shape index (κ3) is 22.3. The van der Waals surface area contributed by atoms with E-state index in [0.29, 0.717) is 6.42 Å². The van der Waals surface area contributed by atoms with Crippen LogP contribution in [0.1, 0.15) is 117 Å². The smallest absolute Gasteiger partial charge is 0.219 e. The van der Waals surface area contributed by atoms with Crippen LogP contribution < -0.4 is 10.6 Å². The van der Waals surface area contributed by atoms with Gasteiger partial charge in [-0.05, 0) is 77.7 Å². The van der Waals surface area contributed by atoms with Crippen LogP contribution in [0.25, 0.3) is 0 Å². The largest absolute Gasteiger partial charge is 0.393 e. The molecule has 0 fully saturated rings. The van der Waals surface area contributed by atoms with Gasteiger partial charge in [0.1, 0.15) is 0 Å². The van der Waals surface area contributed by atoms with Crippen molar-refractivity contribution in [2.24, 2.45) is 0 Å². The van der Waals surface area contributed by atoms with Gasteiger partial charge in [-0.3, -0.25) is 4.79 Å². The van der Waals surface area contributed by atoms with Gasteiger partial charge in [0, 0.05) is 13.0 Å². The fourth-order valence-electron chi connectivity index (χ4n) is 3.81. The zero-order valence-corrected chi connectivity index (χ0v) is 21.2. The summed E-state index contributed by atoms with van der Waals surface area (Å²) < 4.78 is 0. The Morgan fingerprint density at radius 1 is 0.710 bits per heavy atom. The molecule has 0 rings (SSSR count). The summed E-state index contributed by atoms with van der Waals surface area (Å²) in [6.07, 6.45) is 16.2. The summed E-state index contributed by atoms with van der Waals surface area (Å²) in [4.78, 5) is 14.5. The Balaban J connectivity index is 3.50. The average Bonchev–Trinajstić information content (AvgIpc) is 2.76. The minimum Gasteiger partial charge on any atom is -0.393 e. The predicted octanol–water partition coefficient (Wildman–Crippen LogP) is 5.27. The van der Waals surface area contributed by atoms with Crippen LogP contribution in [0.3, 0.4) is 0 Å². The van der Waals surface area contributed by atoms with Gasteiger partial charge in [0.25, 0.3) is 0 Å². The number of nitrogens with zero attached hydrogens (tertiary/aromatic N) is 1. The summed E-state index contributed by atoms with van der Waals surface area (Å²) in [5.74, 6) is 0.123. The molecule has 0 aromatic carbocycles. The molecular weight excluding hydrogens is 386 g/mol. The van der Waals surface area contributed by atoms with E-state index in [9.17, 15) is 9.90 Å². The van der Waals surface area contributed by atoms with Gasteiger partial charge in [-0.1, -0.05) is 65.7 Å². The summed E-state index contributed by atoms with van der Waals surface area (Å²) in [5.41, 5.74) is 0. The predicted molar refractivity (Wildman–Crippen MR) is 135 cm³/mol. The molecular formula is C26H55N3O2. The van der Waals surface area contributed by atoms with E-state index in [4.69, 9.17) is 0 Å². The summed E-state index contributed by atoms with van der Waals surface area (Å²) in [6.45, 7) is 13.2. The Labute approximate surface area is 194 Å². The number of aliphatic hydroxyl groups excluding tert-OH is 1. The molecule has 1 unspecified atom stereocenters. The molecule has 5 nitrogen and oxygen atoms in total.